The van der Waals surface area contributed by atoms with Crippen LogP contribution < -0.4 is 4.74 Å². The third kappa shape index (κ3) is 17.3. The summed E-state index contributed by atoms with van der Waals surface area (Å²) >= 11 is 0. The summed E-state index contributed by atoms with van der Waals surface area (Å²) in [6, 6.07) is 6.11. The van der Waals surface area contributed by atoms with Crippen LogP contribution in [0, 0.1) is 28.1 Å². The minimum absolute atomic E-state index is 0.0547. The van der Waals surface area contributed by atoms with Crippen LogP contribution in [0.5, 0.6) is 11.5 Å². The van der Waals surface area contributed by atoms with Crippen LogP contribution in [0.15, 0.2) is 24.3 Å². The lowest BCUT2D eigenvalue weighted by Gasteiger charge is -2.28. The second kappa shape index (κ2) is 24.1. The highest BCUT2D eigenvalue weighted by Crippen LogP contribution is 2.40. The highest BCUT2D eigenvalue weighted by Gasteiger charge is 2.48. The normalized spacial score (nSPS) is 19.7. The van der Waals surface area contributed by atoms with Gasteiger partial charge < -0.3 is 33.5 Å². The number of carbonyl (C=O) groups is 4. The first kappa shape index (κ1) is 47.8. The van der Waals surface area contributed by atoms with E-state index in [1.807, 2.05) is 62.3 Å². The third-order valence-corrected chi connectivity index (χ3v) is 9.66. The maximum Gasteiger partial charge on any atom is 0.316 e. The lowest BCUT2D eigenvalue weighted by molar-refractivity contribution is -0.155. The van der Waals surface area contributed by atoms with E-state index in [2.05, 4.69) is 13.8 Å². The Balaban J connectivity index is 0.000000658. The van der Waals surface area contributed by atoms with Gasteiger partial charge in [-0.15, -0.1) is 0 Å². The first-order valence-electron chi connectivity index (χ1n) is 18.6. The van der Waals surface area contributed by atoms with Gasteiger partial charge in [0.1, 0.15) is 24.2 Å². The molecule has 4 unspecified atom stereocenters. The zero-order valence-electron chi connectivity index (χ0n) is 33.6. The van der Waals surface area contributed by atoms with Gasteiger partial charge in [-0.05, 0) is 90.5 Å². The smallest absolute Gasteiger partial charge is 0.316 e. The summed E-state index contributed by atoms with van der Waals surface area (Å²) in [5.74, 6) is 0.456. The number of methoxy groups -OCH3 is 1. The van der Waals surface area contributed by atoms with E-state index in [1.165, 1.54) is 19.2 Å². The fourth-order valence-electron chi connectivity index (χ4n) is 4.34. The number of benzene rings is 1. The first-order valence-corrected chi connectivity index (χ1v) is 18.6. The van der Waals surface area contributed by atoms with Crippen LogP contribution in [0.25, 0.3) is 0 Å². The summed E-state index contributed by atoms with van der Waals surface area (Å²) < 4.78 is 30.4. The van der Waals surface area contributed by atoms with Gasteiger partial charge in [-0.2, -0.15) is 0 Å². The Hall–Kier alpha value is -3.18. The van der Waals surface area contributed by atoms with Crippen LogP contribution in [-0.2, 0) is 42.9 Å². The number of phenolic OH excluding ortho intramolecular Hbond substituents is 1. The molecule has 4 atom stereocenters. The van der Waals surface area contributed by atoms with Gasteiger partial charge >= 0.3 is 23.9 Å². The van der Waals surface area contributed by atoms with E-state index in [4.69, 9.17) is 33.5 Å². The van der Waals surface area contributed by atoms with Crippen molar-refractivity contribution in [1.82, 2.24) is 0 Å². The molecular weight excluding hydrogens is 656 g/mol. The molecule has 0 aromatic heterocycles. The minimum Gasteiger partial charge on any atom is -0.508 e. The van der Waals surface area contributed by atoms with Crippen molar-refractivity contribution in [3.05, 3.63) is 24.3 Å². The number of hydrogen-bond donors (Lipinski definition) is 1. The summed E-state index contributed by atoms with van der Waals surface area (Å²) in [6.07, 6.45) is 6.39. The lowest BCUT2D eigenvalue weighted by atomic mass is 9.74. The fourth-order valence-corrected chi connectivity index (χ4v) is 4.34. The molecule has 1 N–H and O–H groups in total. The average Bonchev–Trinajstić information content (AvgIpc) is 3.87. The Labute approximate surface area is 307 Å². The van der Waals surface area contributed by atoms with Crippen LogP contribution in [0.4, 0.5) is 0 Å². The molecule has 2 aliphatic heterocycles. The van der Waals surface area contributed by atoms with Gasteiger partial charge in [0.25, 0.3) is 0 Å². The van der Waals surface area contributed by atoms with Gasteiger partial charge in [0.05, 0.1) is 55.7 Å². The van der Waals surface area contributed by atoms with E-state index in [9.17, 15) is 19.2 Å². The summed E-state index contributed by atoms with van der Waals surface area (Å²) in [5, 5.41) is 9.06. The zero-order valence-corrected chi connectivity index (χ0v) is 33.6. The van der Waals surface area contributed by atoms with Crippen LogP contribution in [0.2, 0.25) is 0 Å². The maximum atomic E-state index is 11.7. The summed E-state index contributed by atoms with van der Waals surface area (Å²) in [6.45, 7) is 24.4. The molecule has 0 aliphatic carbocycles. The Bertz CT molecular complexity index is 1160. The molecule has 51 heavy (non-hydrogen) atoms. The van der Waals surface area contributed by atoms with E-state index in [0.717, 1.165) is 51.6 Å². The molecule has 11 nitrogen and oxygen atoms in total. The molecule has 1 aromatic rings. The van der Waals surface area contributed by atoms with E-state index in [-0.39, 0.29) is 52.5 Å². The highest BCUT2D eigenvalue weighted by molar-refractivity contribution is 5.78. The molecule has 2 aliphatic rings. The van der Waals surface area contributed by atoms with Gasteiger partial charge in [-0.1, -0.05) is 54.9 Å². The maximum absolute atomic E-state index is 11.7. The molecule has 2 fully saturated rings. The fraction of sp³-hybridized carbons (Fsp3) is 0.750. The van der Waals surface area contributed by atoms with Crippen LogP contribution in [0.3, 0.4) is 0 Å². The molecule has 1 aromatic carbocycles. The molecular formula is C40H68O11. The molecule has 2 saturated heterocycles. The molecule has 0 bridgehead atoms. The predicted molar refractivity (Wildman–Crippen MR) is 197 cm³/mol. The predicted octanol–water partition coefficient (Wildman–Crippen LogP) is 8.09. The van der Waals surface area contributed by atoms with Crippen molar-refractivity contribution in [1.29, 1.82) is 0 Å². The van der Waals surface area contributed by atoms with E-state index >= 15 is 0 Å². The second-order valence-electron chi connectivity index (χ2n) is 14.4. The summed E-state index contributed by atoms with van der Waals surface area (Å²) in [4.78, 5) is 45.7. The Morgan fingerprint density at radius 2 is 1.47 bits per heavy atom. The van der Waals surface area contributed by atoms with E-state index in [0.29, 0.717) is 38.1 Å². The number of unbranched alkanes of at least 4 members (excludes halogenated alkanes) is 1. The van der Waals surface area contributed by atoms with Crippen molar-refractivity contribution in [2.24, 2.45) is 28.1 Å². The van der Waals surface area contributed by atoms with Gasteiger partial charge in [0.2, 0.25) is 0 Å². The Morgan fingerprint density at radius 1 is 0.902 bits per heavy atom. The zero-order chi connectivity index (χ0) is 39.3. The van der Waals surface area contributed by atoms with Crippen molar-refractivity contribution < 1.29 is 52.7 Å². The molecule has 11 heteroatoms. The van der Waals surface area contributed by atoms with Crippen molar-refractivity contribution in [3.8, 4) is 11.5 Å². The quantitative estimate of drug-likeness (QED) is 0.0615. The second-order valence-corrected chi connectivity index (χ2v) is 14.4. The molecule has 0 saturated carbocycles. The molecule has 294 valence electrons. The topological polar surface area (TPSA) is 147 Å². The Morgan fingerprint density at radius 3 is 1.92 bits per heavy atom. The molecule has 3 rings (SSSR count). The van der Waals surface area contributed by atoms with Crippen molar-refractivity contribution in [2.45, 2.75) is 127 Å². The number of aromatic hydroxyl groups is 1. The highest BCUT2D eigenvalue weighted by atomic mass is 16.6. The number of phenols is 1. The first-order chi connectivity index (χ1) is 23.9. The SMILES string of the molecule is CCC(C)(C)C(=O)OCC1CO1.CCC(C)(C)C(=O)Oc1ccc(O)cc1.CCC1COCC1(CC)C(=O)OC.CCCCOC(=O)C(C)CC. The van der Waals surface area contributed by atoms with Crippen LogP contribution >= 0.6 is 0 Å². The van der Waals surface area contributed by atoms with Crippen molar-refractivity contribution in [2.75, 3.05) is 40.1 Å². The minimum atomic E-state index is -0.474. The molecule has 0 amide bonds. The van der Waals surface area contributed by atoms with Gasteiger partial charge in [0.15, 0.2) is 0 Å². The van der Waals surface area contributed by atoms with Gasteiger partial charge in [0, 0.05) is 5.92 Å². The number of rotatable bonds is 15. The van der Waals surface area contributed by atoms with E-state index in [1.54, 1.807) is 12.1 Å². The summed E-state index contributed by atoms with van der Waals surface area (Å²) in [5.41, 5.74) is -1.20. The number of epoxide rings is 1. The molecule has 0 radical (unpaired) electrons. The Kier molecular flexibility index (Phi) is 22.6. The van der Waals surface area contributed by atoms with Crippen LogP contribution in [-0.4, -0.2) is 75.2 Å². The monoisotopic (exact) mass is 724 g/mol. The number of esters is 4. The molecule has 0 spiro atoms. The van der Waals surface area contributed by atoms with Crippen LogP contribution in [0.1, 0.15) is 121 Å². The largest absolute Gasteiger partial charge is 0.508 e. The van der Waals surface area contributed by atoms with Crippen molar-refractivity contribution >= 4 is 23.9 Å². The standard InChI is InChI=1S/C12H16O3.C10H18O3.C9H16O3.C9H18O2/c1-4-12(2,3)11(14)15-10-7-5-9(13)6-8-10;1-4-8-6-13-7-10(8,5-2)9(11)12-3;1-4-9(2,3)8(10)12-6-7-5-11-7;1-4-6-7-11-9(10)8(3)5-2/h5-8,13H,4H2,1-3H3;8H,4-7H2,1-3H3;7H,4-6H2,1-3H3;8H,4-7H2,1-3H3. The number of carbonyl (C=O) groups excluding carboxylic acids is 4. The van der Waals surface area contributed by atoms with Gasteiger partial charge in [-0.25, -0.2) is 0 Å². The lowest BCUT2D eigenvalue weighted by Crippen LogP contribution is -2.38. The van der Waals surface area contributed by atoms with Gasteiger partial charge in [-0.3, -0.25) is 19.2 Å². The number of hydrogen-bond acceptors (Lipinski definition) is 11. The molecule has 2 heterocycles. The third-order valence-electron chi connectivity index (χ3n) is 9.66. The van der Waals surface area contributed by atoms with E-state index < -0.39 is 5.41 Å². The number of ether oxygens (including phenoxy) is 6. The van der Waals surface area contributed by atoms with Crippen molar-refractivity contribution in [3.63, 3.8) is 0 Å². The average molecular weight is 725 g/mol. The summed E-state index contributed by atoms with van der Waals surface area (Å²) in [7, 11) is 1.45.